The summed E-state index contributed by atoms with van der Waals surface area (Å²) in [6.07, 6.45) is -4.28. The molecule has 0 aromatic heterocycles. The van der Waals surface area contributed by atoms with Gasteiger partial charge in [-0.1, -0.05) is 0 Å². The number of anilines is 1. The van der Waals surface area contributed by atoms with Crippen molar-refractivity contribution < 1.29 is 27.6 Å². The van der Waals surface area contributed by atoms with Gasteiger partial charge in [0, 0.05) is 25.2 Å². The summed E-state index contributed by atoms with van der Waals surface area (Å²) in [5.74, 6) is 0. The molecule has 1 amide bonds. The number of carbonyl (C=O) groups excluding carboxylic acids is 1. The Morgan fingerprint density at radius 1 is 1.35 bits per heavy atom. The highest BCUT2D eigenvalue weighted by atomic mass is 19.4. The normalized spacial score (nSPS) is 15.8. The van der Waals surface area contributed by atoms with Gasteiger partial charge in [0.15, 0.2) is 0 Å². The van der Waals surface area contributed by atoms with Crippen molar-refractivity contribution in [3.8, 4) is 0 Å². The summed E-state index contributed by atoms with van der Waals surface area (Å²) in [6, 6.07) is 2.22. The summed E-state index contributed by atoms with van der Waals surface area (Å²) < 4.78 is 43.3. The number of halogens is 3. The molecule has 2 rings (SSSR count). The summed E-state index contributed by atoms with van der Waals surface area (Å²) in [7, 11) is 0. The van der Waals surface area contributed by atoms with Gasteiger partial charge in [-0.05, 0) is 38.8 Å². The van der Waals surface area contributed by atoms with Gasteiger partial charge in [-0.15, -0.1) is 0 Å². The monoisotopic (exact) mass is 375 g/mol. The van der Waals surface area contributed by atoms with Crippen LogP contribution in [0.5, 0.6) is 0 Å². The molecule has 0 aliphatic carbocycles. The molecule has 1 aliphatic rings. The van der Waals surface area contributed by atoms with Crippen LogP contribution in [0.3, 0.4) is 0 Å². The molecule has 0 spiro atoms. The number of hydrogen-bond donors (Lipinski definition) is 1. The smallest absolute Gasteiger partial charge is 0.416 e. The number of amides is 1. The maximum absolute atomic E-state index is 12.7. The molecule has 144 valence electrons. The highest BCUT2D eigenvalue weighted by Crippen LogP contribution is 2.35. The van der Waals surface area contributed by atoms with Gasteiger partial charge in [-0.2, -0.15) is 13.2 Å². The summed E-state index contributed by atoms with van der Waals surface area (Å²) in [5, 5.41) is 14.0. The van der Waals surface area contributed by atoms with Crippen molar-refractivity contribution in [2.75, 3.05) is 18.4 Å². The van der Waals surface area contributed by atoms with Crippen LogP contribution in [0.1, 0.15) is 32.3 Å². The molecule has 1 aromatic carbocycles. The van der Waals surface area contributed by atoms with Crippen LogP contribution < -0.4 is 5.32 Å². The Bertz CT molecular complexity index is 671. The topological polar surface area (TPSA) is 84.7 Å². The molecule has 0 unspecified atom stereocenters. The first kappa shape index (κ1) is 19.8. The Kier molecular flexibility index (Phi) is 5.94. The fraction of sp³-hybridized carbons (Fsp3) is 0.562. The van der Waals surface area contributed by atoms with Crippen molar-refractivity contribution in [2.24, 2.45) is 0 Å². The van der Waals surface area contributed by atoms with Crippen molar-refractivity contribution in [3.05, 3.63) is 33.9 Å². The second-order valence-corrected chi connectivity index (χ2v) is 6.32. The average Bonchev–Trinajstić information content (AvgIpc) is 2.54. The molecule has 1 N–H and O–H groups in total. The van der Waals surface area contributed by atoms with Crippen molar-refractivity contribution in [1.82, 2.24) is 4.90 Å². The van der Waals surface area contributed by atoms with E-state index in [2.05, 4.69) is 5.32 Å². The average molecular weight is 375 g/mol. The van der Waals surface area contributed by atoms with E-state index in [4.69, 9.17) is 4.74 Å². The van der Waals surface area contributed by atoms with Gasteiger partial charge >= 0.3 is 12.3 Å². The van der Waals surface area contributed by atoms with Crippen LogP contribution in [0.25, 0.3) is 0 Å². The number of benzene rings is 1. The van der Waals surface area contributed by atoms with Crippen LogP contribution in [0, 0.1) is 10.1 Å². The third kappa shape index (κ3) is 4.99. The van der Waals surface area contributed by atoms with E-state index in [1.54, 1.807) is 18.7 Å². The zero-order valence-electron chi connectivity index (χ0n) is 14.4. The number of carbonyl (C=O) groups is 1. The molecule has 1 saturated heterocycles. The molecule has 7 nitrogen and oxygen atoms in total. The summed E-state index contributed by atoms with van der Waals surface area (Å²) in [5.41, 5.74) is -1.66. The van der Waals surface area contributed by atoms with Gasteiger partial charge in [-0.3, -0.25) is 10.1 Å². The Hall–Kier alpha value is -2.52. The second kappa shape index (κ2) is 7.79. The highest BCUT2D eigenvalue weighted by molar-refractivity contribution is 5.68. The van der Waals surface area contributed by atoms with Crippen molar-refractivity contribution in [3.63, 3.8) is 0 Å². The molecule has 0 bridgehead atoms. The number of piperidine rings is 1. The van der Waals surface area contributed by atoms with Gasteiger partial charge in [0.25, 0.3) is 5.69 Å². The van der Waals surface area contributed by atoms with Crippen LogP contribution in [-0.2, 0) is 10.9 Å². The third-order valence-electron chi connectivity index (χ3n) is 3.97. The van der Waals surface area contributed by atoms with Crippen molar-refractivity contribution in [1.29, 1.82) is 0 Å². The van der Waals surface area contributed by atoms with Gasteiger partial charge < -0.3 is 15.0 Å². The van der Waals surface area contributed by atoms with E-state index in [-0.39, 0.29) is 17.8 Å². The maximum Gasteiger partial charge on any atom is 0.416 e. The number of nitro benzene ring substituents is 1. The quantitative estimate of drug-likeness (QED) is 0.634. The molecule has 1 aliphatic heterocycles. The Morgan fingerprint density at radius 3 is 2.46 bits per heavy atom. The minimum atomic E-state index is -4.65. The highest BCUT2D eigenvalue weighted by Gasteiger charge is 2.33. The maximum atomic E-state index is 12.7. The lowest BCUT2D eigenvalue weighted by molar-refractivity contribution is -0.384. The summed E-state index contributed by atoms with van der Waals surface area (Å²) >= 11 is 0. The fourth-order valence-corrected chi connectivity index (χ4v) is 2.68. The fourth-order valence-electron chi connectivity index (χ4n) is 2.68. The lowest BCUT2D eigenvalue weighted by Crippen LogP contribution is -2.43. The number of ether oxygens (including phenoxy) is 1. The third-order valence-corrected chi connectivity index (χ3v) is 3.97. The van der Waals surface area contributed by atoms with E-state index in [1.165, 1.54) is 0 Å². The zero-order chi connectivity index (χ0) is 19.5. The molecule has 0 saturated carbocycles. The number of nitro groups is 1. The number of likely N-dealkylation sites (tertiary alicyclic amines) is 1. The first-order chi connectivity index (χ1) is 12.1. The first-order valence-corrected chi connectivity index (χ1v) is 8.15. The van der Waals surface area contributed by atoms with Gasteiger partial charge in [-0.25, -0.2) is 4.79 Å². The molecule has 1 heterocycles. The molecular formula is C16H20F3N3O4. The SMILES string of the molecule is CC(C)OC(=O)N1CCC(Nc2ccc(C(F)(F)F)cc2[N+](=O)[O-])CC1. The minimum absolute atomic E-state index is 0.0335. The minimum Gasteiger partial charge on any atom is -0.447 e. The zero-order valence-corrected chi connectivity index (χ0v) is 14.4. The van der Waals surface area contributed by atoms with E-state index < -0.39 is 28.4 Å². The second-order valence-electron chi connectivity index (χ2n) is 6.32. The Morgan fingerprint density at radius 2 is 1.96 bits per heavy atom. The predicted molar refractivity (Wildman–Crippen MR) is 87.9 cm³/mol. The number of rotatable bonds is 4. The first-order valence-electron chi connectivity index (χ1n) is 8.15. The van der Waals surface area contributed by atoms with Gasteiger partial charge in [0.1, 0.15) is 5.69 Å². The van der Waals surface area contributed by atoms with E-state index >= 15 is 0 Å². The van der Waals surface area contributed by atoms with Gasteiger partial charge in [0.2, 0.25) is 0 Å². The largest absolute Gasteiger partial charge is 0.447 e. The lowest BCUT2D eigenvalue weighted by Gasteiger charge is -2.32. The number of nitrogens with zero attached hydrogens (tertiary/aromatic N) is 2. The van der Waals surface area contributed by atoms with Crippen LogP contribution in [0.15, 0.2) is 18.2 Å². The van der Waals surface area contributed by atoms with Gasteiger partial charge in [0.05, 0.1) is 16.6 Å². The Labute approximate surface area is 148 Å². The van der Waals surface area contributed by atoms with Crippen LogP contribution in [-0.4, -0.2) is 41.2 Å². The van der Waals surface area contributed by atoms with E-state index in [9.17, 15) is 28.1 Å². The standard InChI is InChI=1S/C16H20F3N3O4/c1-10(2)26-15(23)21-7-5-12(6-8-21)20-13-4-3-11(16(17,18)19)9-14(13)22(24)25/h3-4,9-10,12,20H,5-8H2,1-2H3. The molecule has 0 radical (unpaired) electrons. The summed E-state index contributed by atoms with van der Waals surface area (Å²) in [6.45, 7) is 4.29. The molecule has 1 aromatic rings. The van der Waals surface area contributed by atoms with Crippen LogP contribution in [0.4, 0.5) is 29.3 Å². The van der Waals surface area contributed by atoms with Crippen molar-refractivity contribution in [2.45, 2.75) is 45.0 Å². The van der Waals surface area contributed by atoms with Crippen molar-refractivity contribution >= 4 is 17.5 Å². The molecule has 0 atom stereocenters. The molecule has 26 heavy (non-hydrogen) atoms. The van der Waals surface area contributed by atoms with E-state index in [0.717, 1.165) is 12.1 Å². The molecule has 10 heteroatoms. The predicted octanol–water partition coefficient (Wildman–Crippen LogP) is 4.03. The number of nitrogens with one attached hydrogen (secondary N) is 1. The van der Waals surface area contributed by atoms with E-state index in [1.807, 2.05) is 0 Å². The van der Waals surface area contributed by atoms with E-state index in [0.29, 0.717) is 32.0 Å². The lowest BCUT2D eigenvalue weighted by atomic mass is 10.0. The number of hydrogen-bond acceptors (Lipinski definition) is 5. The summed E-state index contributed by atoms with van der Waals surface area (Å²) in [4.78, 5) is 23.7. The van der Waals surface area contributed by atoms with Crippen LogP contribution in [0.2, 0.25) is 0 Å². The van der Waals surface area contributed by atoms with Crippen LogP contribution >= 0.6 is 0 Å². The number of alkyl halides is 3. The molecular weight excluding hydrogens is 355 g/mol. The molecule has 1 fully saturated rings. The Balaban J connectivity index is 2.04.